The summed E-state index contributed by atoms with van der Waals surface area (Å²) in [5, 5.41) is 11.2. The highest BCUT2D eigenvalue weighted by molar-refractivity contribution is 6.25. The molecule has 1 aliphatic heterocycles. The standard InChI is InChI=1S/C17H17NO3/c1-10(2)14(9-19)18-16(20)12-7-3-5-11-6-4-8-13(15(11)12)17(18)21/h3-8,10,14,19H,9H2,1-2H3/t14-/m0/s1. The first kappa shape index (κ1) is 13.8. The molecule has 4 nitrogen and oxygen atoms in total. The highest BCUT2D eigenvalue weighted by atomic mass is 16.3. The van der Waals surface area contributed by atoms with E-state index in [1.807, 2.05) is 38.1 Å². The summed E-state index contributed by atoms with van der Waals surface area (Å²) in [5.74, 6) is -0.651. The number of rotatable bonds is 3. The van der Waals surface area contributed by atoms with Crippen LogP contribution in [0.25, 0.3) is 10.8 Å². The average molecular weight is 283 g/mol. The Morgan fingerprint density at radius 2 is 1.52 bits per heavy atom. The first-order valence-corrected chi connectivity index (χ1v) is 7.06. The second-order valence-electron chi connectivity index (χ2n) is 5.68. The van der Waals surface area contributed by atoms with Crippen molar-refractivity contribution in [2.24, 2.45) is 5.92 Å². The fourth-order valence-corrected chi connectivity index (χ4v) is 2.94. The molecule has 108 valence electrons. The van der Waals surface area contributed by atoms with E-state index in [0.29, 0.717) is 16.5 Å². The van der Waals surface area contributed by atoms with Crippen molar-refractivity contribution in [1.29, 1.82) is 0 Å². The number of carbonyl (C=O) groups is 2. The average Bonchev–Trinajstić information content (AvgIpc) is 2.48. The zero-order valence-corrected chi connectivity index (χ0v) is 12.0. The minimum atomic E-state index is -0.506. The third-order valence-electron chi connectivity index (χ3n) is 4.09. The minimum absolute atomic E-state index is 0.00707. The van der Waals surface area contributed by atoms with Gasteiger partial charge in [0, 0.05) is 16.5 Å². The van der Waals surface area contributed by atoms with Crippen LogP contribution >= 0.6 is 0 Å². The summed E-state index contributed by atoms with van der Waals surface area (Å²) in [6.45, 7) is 3.55. The van der Waals surface area contributed by atoms with E-state index < -0.39 is 6.04 Å². The molecule has 1 N–H and O–H groups in total. The van der Waals surface area contributed by atoms with Crippen LogP contribution in [0.3, 0.4) is 0 Å². The second kappa shape index (κ2) is 4.97. The Labute approximate surface area is 123 Å². The van der Waals surface area contributed by atoms with Crippen molar-refractivity contribution in [3.8, 4) is 0 Å². The molecular weight excluding hydrogens is 266 g/mol. The smallest absolute Gasteiger partial charge is 0.261 e. The highest BCUT2D eigenvalue weighted by Crippen LogP contribution is 2.31. The van der Waals surface area contributed by atoms with Crippen LogP contribution < -0.4 is 0 Å². The lowest BCUT2D eigenvalue weighted by atomic mass is 9.91. The summed E-state index contributed by atoms with van der Waals surface area (Å²) in [6, 6.07) is 10.4. The third kappa shape index (κ3) is 1.94. The Morgan fingerprint density at radius 3 is 1.95 bits per heavy atom. The lowest BCUT2D eigenvalue weighted by Gasteiger charge is -2.34. The number of benzene rings is 2. The number of imide groups is 1. The van der Waals surface area contributed by atoms with Crippen molar-refractivity contribution in [3.63, 3.8) is 0 Å². The van der Waals surface area contributed by atoms with E-state index in [1.54, 1.807) is 12.1 Å². The van der Waals surface area contributed by atoms with Crippen LogP contribution in [0.4, 0.5) is 0 Å². The van der Waals surface area contributed by atoms with Gasteiger partial charge in [0.25, 0.3) is 11.8 Å². The van der Waals surface area contributed by atoms with Gasteiger partial charge in [0.1, 0.15) is 0 Å². The van der Waals surface area contributed by atoms with Gasteiger partial charge in [-0.05, 0) is 23.4 Å². The van der Waals surface area contributed by atoms with Gasteiger partial charge in [-0.1, -0.05) is 38.1 Å². The Morgan fingerprint density at radius 1 is 1.00 bits per heavy atom. The summed E-state index contributed by atoms with van der Waals surface area (Å²) in [7, 11) is 0. The topological polar surface area (TPSA) is 57.6 Å². The number of hydrogen-bond acceptors (Lipinski definition) is 3. The molecule has 3 rings (SSSR count). The Hall–Kier alpha value is -2.20. The van der Waals surface area contributed by atoms with Crippen LogP contribution in [0.15, 0.2) is 36.4 Å². The van der Waals surface area contributed by atoms with E-state index in [1.165, 1.54) is 4.90 Å². The minimum Gasteiger partial charge on any atom is -0.394 e. The van der Waals surface area contributed by atoms with E-state index in [0.717, 1.165) is 5.39 Å². The highest BCUT2D eigenvalue weighted by Gasteiger charge is 2.38. The monoisotopic (exact) mass is 283 g/mol. The largest absolute Gasteiger partial charge is 0.394 e. The molecule has 0 saturated heterocycles. The number of aliphatic hydroxyl groups excluding tert-OH is 1. The molecular formula is C17H17NO3. The van der Waals surface area contributed by atoms with Gasteiger partial charge in [-0.15, -0.1) is 0 Å². The Bertz CT molecular complexity index is 685. The van der Waals surface area contributed by atoms with Gasteiger partial charge in [0.05, 0.1) is 12.6 Å². The molecule has 0 fully saturated rings. The van der Waals surface area contributed by atoms with E-state index in [9.17, 15) is 14.7 Å². The fourth-order valence-electron chi connectivity index (χ4n) is 2.94. The molecule has 4 heteroatoms. The maximum Gasteiger partial charge on any atom is 0.261 e. The van der Waals surface area contributed by atoms with Crippen LogP contribution in [0.5, 0.6) is 0 Å². The molecule has 2 aromatic carbocycles. The van der Waals surface area contributed by atoms with E-state index in [-0.39, 0.29) is 24.3 Å². The van der Waals surface area contributed by atoms with Crippen molar-refractivity contribution < 1.29 is 14.7 Å². The second-order valence-corrected chi connectivity index (χ2v) is 5.68. The van der Waals surface area contributed by atoms with Crippen LogP contribution in [-0.4, -0.2) is 34.5 Å². The quantitative estimate of drug-likeness (QED) is 0.880. The molecule has 0 spiro atoms. The van der Waals surface area contributed by atoms with Crippen LogP contribution in [-0.2, 0) is 0 Å². The lowest BCUT2D eigenvalue weighted by Crippen LogP contribution is -2.50. The fraction of sp³-hybridized carbons (Fsp3) is 0.294. The predicted molar refractivity (Wildman–Crippen MR) is 80.2 cm³/mol. The van der Waals surface area contributed by atoms with E-state index in [4.69, 9.17) is 0 Å². The van der Waals surface area contributed by atoms with Gasteiger partial charge in [0.15, 0.2) is 0 Å². The maximum atomic E-state index is 12.7. The van der Waals surface area contributed by atoms with Gasteiger partial charge in [-0.3, -0.25) is 14.5 Å². The van der Waals surface area contributed by atoms with Crippen molar-refractivity contribution in [2.45, 2.75) is 19.9 Å². The maximum absolute atomic E-state index is 12.7. The van der Waals surface area contributed by atoms with Gasteiger partial charge in [-0.2, -0.15) is 0 Å². The van der Waals surface area contributed by atoms with Gasteiger partial charge >= 0.3 is 0 Å². The van der Waals surface area contributed by atoms with Crippen LogP contribution in [0.2, 0.25) is 0 Å². The first-order valence-electron chi connectivity index (χ1n) is 7.06. The molecule has 21 heavy (non-hydrogen) atoms. The zero-order valence-electron chi connectivity index (χ0n) is 12.0. The van der Waals surface area contributed by atoms with Crippen molar-refractivity contribution in [3.05, 3.63) is 47.5 Å². The van der Waals surface area contributed by atoms with Crippen molar-refractivity contribution in [1.82, 2.24) is 4.90 Å². The number of nitrogens with zero attached hydrogens (tertiary/aromatic N) is 1. The Kier molecular flexibility index (Phi) is 3.26. The molecule has 1 atom stereocenters. The van der Waals surface area contributed by atoms with Crippen molar-refractivity contribution >= 4 is 22.6 Å². The number of hydrogen-bond donors (Lipinski definition) is 1. The number of aliphatic hydroxyl groups is 1. The molecule has 0 saturated carbocycles. The first-order chi connectivity index (χ1) is 10.1. The summed E-state index contributed by atoms with van der Waals surface area (Å²) in [4.78, 5) is 26.6. The predicted octanol–water partition coefficient (Wildman–Crippen LogP) is 2.45. The van der Waals surface area contributed by atoms with Gasteiger partial charge in [0.2, 0.25) is 0 Å². The number of amides is 2. The summed E-state index contributed by atoms with van der Waals surface area (Å²) < 4.78 is 0. The molecule has 2 aromatic rings. The molecule has 1 aliphatic rings. The van der Waals surface area contributed by atoms with E-state index in [2.05, 4.69) is 0 Å². The molecule has 0 aliphatic carbocycles. The molecule has 0 unspecified atom stereocenters. The molecule has 1 heterocycles. The molecule has 0 aromatic heterocycles. The third-order valence-corrected chi connectivity index (χ3v) is 4.09. The molecule has 0 bridgehead atoms. The summed E-state index contributed by atoms with van der Waals surface area (Å²) in [6.07, 6.45) is 0. The van der Waals surface area contributed by atoms with Crippen LogP contribution in [0, 0.1) is 5.92 Å². The SMILES string of the molecule is CC(C)[C@H](CO)N1C(=O)c2cccc3cccc(c23)C1=O. The van der Waals surface area contributed by atoms with Gasteiger partial charge < -0.3 is 5.11 Å². The zero-order chi connectivity index (χ0) is 15.1. The summed E-state index contributed by atoms with van der Waals surface area (Å²) >= 11 is 0. The summed E-state index contributed by atoms with van der Waals surface area (Å²) in [5.41, 5.74) is 1.06. The molecule has 2 amide bonds. The lowest BCUT2D eigenvalue weighted by molar-refractivity contribution is 0.0406. The Balaban J connectivity index is 2.24. The normalized spacial score (nSPS) is 15.9. The number of carbonyl (C=O) groups excluding carboxylic acids is 2. The van der Waals surface area contributed by atoms with Gasteiger partial charge in [-0.25, -0.2) is 0 Å². The van der Waals surface area contributed by atoms with Crippen molar-refractivity contribution in [2.75, 3.05) is 6.61 Å². The molecule has 0 radical (unpaired) electrons. The van der Waals surface area contributed by atoms with E-state index >= 15 is 0 Å². The van der Waals surface area contributed by atoms with Crippen LogP contribution in [0.1, 0.15) is 34.6 Å².